The van der Waals surface area contributed by atoms with E-state index in [0.717, 1.165) is 18.8 Å². The van der Waals surface area contributed by atoms with Gasteiger partial charge in [-0.1, -0.05) is 13.3 Å². The highest BCUT2D eigenvalue weighted by Gasteiger charge is 2.26. The number of carbonyl (C=O) groups excluding carboxylic acids is 1. The highest BCUT2D eigenvalue weighted by molar-refractivity contribution is 5.72. The minimum absolute atomic E-state index is 0.0227. The summed E-state index contributed by atoms with van der Waals surface area (Å²) in [6.45, 7) is 6.06. The molecular weight excluding hydrogens is 176 g/mol. The van der Waals surface area contributed by atoms with E-state index in [1.54, 1.807) is 0 Å². The van der Waals surface area contributed by atoms with Gasteiger partial charge in [0.25, 0.3) is 0 Å². The van der Waals surface area contributed by atoms with Gasteiger partial charge >= 0.3 is 5.97 Å². The van der Waals surface area contributed by atoms with Crippen LogP contribution in [0.2, 0.25) is 0 Å². The average Bonchev–Trinajstić information content (AvgIpc) is 2.17. The number of hydrogen-bond acceptors (Lipinski definition) is 2. The Morgan fingerprint density at radius 1 is 1.29 bits per heavy atom. The molecule has 0 saturated heterocycles. The first kappa shape index (κ1) is 11.5. The van der Waals surface area contributed by atoms with Crippen molar-refractivity contribution in [3.8, 4) is 0 Å². The van der Waals surface area contributed by atoms with Crippen LogP contribution in [0.25, 0.3) is 0 Å². The zero-order valence-electron chi connectivity index (χ0n) is 9.58. The Labute approximate surface area is 87.0 Å². The third kappa shape index (κ3) is 3.32. The molecule has 2 nitrogen and oxygen atoms in total. The van der Waals surface area contributed by atoms with Gasteiger partial charge in [-0.2, -0.15) is 0 Å². The van der Waals surface area contributed by atoms with Crippen LogP contribution in [0.1, 0.15) is 52.9 Å². The summed E-state index contributed by atoms with van der Waals surface area (Å²) in [6, 6.07) is 0. The van der Waals surface area contributed by atoms with Crippen LogP contribution >= 0.6 is 0 Å². The molecule has 0 aromatic rings. The first-order valence-corrected chi connectivity index (χ1v) is 5.84. The topological polar surface area (TPSA) is 26.3 Å². The van der Waals surface area contributed by atoms with Gasteiger partial charge in [-0.15, -0.1) is 0 Å². The second kappa shape index (κ2) is 5.38. The van der Waals surface area contributed by atoms with Gasteiger partial charge in [0.2, 0.25) is 0 Å². The fraction of sp³-hybridized carbons (Fsp3) is 0.917. The fourth-order valence-electron chi connectivity index (χ4n) is 2.13. The molecule has 0 spiro atoms. The van der Waals surface area contributed by atoms with Gasteiger partial charge in [0.15, 0.2) is 0 Å². The Morgan fingerprint density at radius 2 is 1.86 bits per heavy atom. The summed E-state index contributed by atoms with van der Waals surface area (Å²) in [7, 11) is 0. The zero-order chi connectivity index (χ0) is 10.6. The van der Waals surface area contributed by atoms with Crippen LogP contribution in [0.3, 0.4) is 0 Å². The highest BCUT2D eigenvalue weighted by atomic mass is 16.5. The molecule has 1 fully saturated rings. The third-order valence-corrected chi connectivity index (χ3v) is 3.11. The first-order chi connectivity index (χ1) is 6.63. The lowest BCUT2D eigenvalue weighted by Gasteiger charge is -2.26. The van der Waals surface area contributed by atoms with Crippen LogP contribution in [0.15, 0.2) is 0 Å². The number of hydrogen-bond donors (Lipinski definition) is 0. The van der Waals surface area contributed by atoms with Crippen molar-refractivity contribution in [2.75, 3.05) is 0 Å². The Hall–Kier alpha value is -0.530. The van der Waals surface area contributed by atoms with E-state index in [4.69, 9.17) is 4.74 Å². The molecule has 0 aromatic heterocycles. The van der Waals surface area contributed by atoms with E-state index in [0.29, 0.717) is 0 Å². The molecule has 1 saturated carbocycles. The normalized spacial score (nSPS) is 27.7. The molecule has 0 bridgehead atoms. The third-order valence-electron chi connectivity index (χ3n) is 3.11. The minimum Gasteiger partial charge on any atom is -0.463 e. The summed E-state index contributed by atoms with van der Waals surface area (Å²) in [5.41, 5.74) is 0. The second-order valence-corrected chi connectivity index (χ2v) is 4.61. The van der Waals surface area contributed by atoms with E-state index in [2.05, 4.69) is 6.92 Å². The molecule has 0 atom stereocenters. The van der Waals surface area contributed by atoms with Gasteiger partial charge < -0.3 is 4.74 Å². The maximum atomic E-state index is 11.6. The van der Waals surface area contributed by atoms with E-state index in [9.17, 15) is 4.79 Å². The lowest BCUT2D eigenvalue weighted by molar-refractivity contribution is -0.153. The summed E-state index contributed by atoms with van der Waals surface area (Å²) in [5.74, 6) is 1.05. The number of esters is 1. The molecule has 0 N–H and O–H groups in total. The van der Waals surface area contributed by atoms with Crippen LogP contribution in [0, 0.1) is 11.8 Å². The number of ether oxygens (including phenoxy) is 1. The van der Waals surface area contributed by atoms with Crippen LogP contribution in [0.4, 0.5) is 0 Å². The Balaban J connectivity index is 2.30. The average molecular weight is 198 g/mol. The lowest BCUT2D eigenvalue weighted by atomic mass is 9.81. The molecule has 0 amide bonds. The van der Waals surface area contributed by atoms with E-state index < -0.39 is 0 Å². The summed E-state index contributed by atoms with van der Waals surface area (Å²) in [4.78, 5) is 11.6. The van der Waals surface area contributed by atoms with Gasteiger partial charge in [-0.05, 0) is 45.4 Å². The van der Waals surface area contributed by atoms with Crippen molar-refractivity contribution in [1.29, 1.82) is 0 Å². The van der Waals surface area contributed by atoms with Gasteiger partial charge in [0.05, 0.1) is 12.0 Å². The molecule has 1 aliphatic rings. The summed E-state index contributed by atoms with van der Waals surface area (Å²) >= 11 is 0. The Morgan fingerprint density at radius 3 is 2.29 bits per heavy atom. The molecule has 1 aliphatic carbocycles. The van der Waals surface area contributed by atoms with Crippen LogP contribution in [-0.4, -0.2) is 12.1 Å². The number of carbonyl (C=O) groups is 1. The largest absolute Gasteiger partial charge is 0.463 e. The van der Waals surface area contributed by atoms with Gasteiger partial charge in [-0.25, -0.2) is 0 Å². The molecule has 0 aromatic carbocycles. The molecule has 14 heavy (non-hydrogen) atoms. The summed E-state index contributed by atoms with van der Waals surface area (Å²) < 4.78 is 5.22. The van der Waals surface area contributed by atoms with Crippen molar-refractivity contribution >= 4 is 5.97 Å². The van der Waals surface area contributed by atoms with Crippen LogP contribution in [-0.2, 0) is 9.53 Å². The fourth-order valence-corrected chi connectivity index (χ4v) is 2.13. The summed E-state index contributed by atoms with van der Waals surface area (Å²) in [6.07, 6.45) is 5.76. The smallest absolute Gasteiger partial charge is 0.309 e. The predicted octanol–water partition coefficient (Wildman–Crippen LogP) is 3.15. The molecule has 0 aliphatic heterocycles. The quantitative estimate of drug-likeness (QED) is 0.651. The van der Waals surface area contributed by atoms with Crippen LogP contribution < -0.4 is 0 Å². The van der Waals surface area contributed by atoms with Crippen molar-refractivity contribution in [2.24, 2.45) is 11.8 Å². The maximum absolute atomic E-state index is 11.6. The maximum Gasteiger partial charge on any atom is 0.309 e. The van der Waals surface area contributed by atoms with E-state index in [1.807, 2.05) is 13.8 Å². The van der Waals surface area contributed by atoms with Gasteiger partial charge in [0.1, 0.15) is 0 Å². The molecule has 1 rings (SSSR count). The predicted molar refractivity (Wildman–Crippen MR) is 57.0 cm³/mol. The van der Waals surface area contributed by atoms with Crippen molar-refractivity contribution in [3.05, 3.63) is 0 Å². The Bertz CT molecular complexity index is 179. The SMILES string of the molecule is CCC1CCC(C(=O)OC(C)C)CC1. The second-order valence-electron chi connectivity index (χ2n) is 4.61. The van der Waals surface area contributed by atoms with Crippen molar-refractivity contribution in [3.63, 3.8) is 0 Å². The minimum atomic E-state index is 0.0227. The highest BCUT2D eigenvalue weighted by Crippen LogP contribution is 2.31. The molecular formula is C12H22O2. The van der Waals surface area contributed by atoms with Crippen molar-refractivity contribution < 1.29 is 9.53 Å². The lowest BCUT2D eigenvalue weighted by Crippen LogP contribution is -2.25. The Kier molecular flexibility index (Phi) is 4.43. The van der Waals surface area contributed by atoms with E-state index >= 15 is 0 Å². The zero-order valence-corrected chi connectivity index (χ0v) is 9.58. The van der Waals surface area contributed by atoms with Crippen LogP contribution in [0.5, 0.6) is 0 Å². The molecule has 0 radical (unpaired) electrons. The summed E-state index contributed by atoms with van der Waals surface area (Å²) in [5, 5.41) is 0. The number of rotatable bonds is 3. The van der Waals surface area contributed by atoms with Gasteiger partial charge in [-0.3, -0.25) is 4.79 Å². The molecule has 2 heteroatoms. The van der Waals surface area contributed by atoms with Gasteiger partial charge in [0, 0.05) is 0 Å². The standard InChI is InChI=1S/C12H22O2/c1-4-10-5-7-11(8-6-10)12(13)14-9(2)3/h9-11H,4-8H2,1-3H3. The molecule has 0 unspecified atom stereocenters. The first-order valence-electron chi connectivity index (χ1n) is 5.84. The monoisotopic (exact) mass is 198 g/mol. The van der Waals surface area contributed by atoms with Crippen molar-refractivity contribution in [1.82, 2.24) is 0 Å². The molecule has 82 valence electrons. The van der Waals surface area contributed by atoms with E-state index in [1.165, 1.54) is 19.3 Å². The van der Waals surface area contributed by atoms with E-state index in [-0.39, 0.29) is 18.0 Å². The van der Waals surface area contributed by atoms with Crippen molar-refractivity contribution in [2.45, 2.75) is 59.0 Å². The molecule has 0 heterocycles.